The van der Waals surface area contributed by atoms with E-state index in [0.717, 1.165) is 43.6 Å². The van der Waals surface area contributed by atoms with Gasteiger partial charge in [0.1, 0.15) is 5.03 Å². The lowest BCUT2D eigenvalue weighted by Crippen LogP contribution is -2.44. The molecule has 4 nitrogen and oxygen atoms in total. The molecule has 18 heavy (non-hydrogen) atoms. The molecule has 1 fully saturated rings. The predicted molar refractivity (Wildman–Crippen MR) is 79.6 cm³/mol. The van der Waals surface area contributed by atoms with E-state index in [1.54, 1.807) is 11.8 Å². The monoisotopic (exact) mass is 268 g/mol. The number of rotatable bonds is 3. The zero-order valence-electron chi connectivity index (χ0n) is 11.9. The van der Waals surface area contributed by atoms with E-state index in [1.165, 1.54) is 5.56 Å². The van der Waals surface area contributed by atoms with Crippen LogP contribution < -0.4 is 10.2 Å². The summed E-state index contributed by atoms with van der Waals surface area (Å²) in [6.07, 6.45) is 5.04. The number of anilines is 1. The summed E-state index contributed by atoms with van der Waals surface area (Å²) in [5.74, 6) is 0.878. The number of aryl methyl sites for hydroxylation is 1. The summed E-state index contributed by atoms with van der Waals surface area (Å²) in [5, 5.41) is 4.45. The van der Waals surface area contributed by atoms with Crippen LogP contribution in [-0.2, 0) is 6.42 Å². The molecule has 0 bridgehead atoms. The minimum atomic E-state index is 0.878. The van der Waals surface area contributed by atoms with E-state index in [-0.39, 0.29) is 0 Å². The van der Waals surface area contributed by atoms with Crippen LogP contribution in [0.2, 0.25) is 0 Å². The molecule has 2 rings (SSSR count). The minimum absolute atomic E-state index is 0.878. The van der Waals surface area contributed by atoms with E-state index in [2.05, 4.69) is 33.4 Å². The van der Waals surface area contributed by atoms with Crippen molar-refractivity contribution < 1.29 is 0 Å². The molecular formula is C13H24N4S. The maximum absolute atomic E-state index is 4.64. The van der Waals surface area contributed by atoms with E-state index < -0.39 is 0 Å². The van der Waals surface area contributed by atoms with Crippen LogP contribution in [0.15, 0.2) is 11.2 Å². The summed E-state index contributed by atoms with van der Waals surface area (Å²) in [6.45, 7) is 10.2. The molecular weight excluding hydrogens is 244 g/mol. The van der Waals surface area contributed by atoms with Crippen molar-refractivity contribution in [2.45, 2.75) is 32.2 Å². The Labute approximate surface area is 115 Å². The lowest BCUT2D eigenvalue weighted by molar-refractivity contribution is 0.577. The average Bonchev–Trinajstić information content (AvgIpc) is 2.49. The van der Waals surface area contributed by atoms with E-state index in [4.69, 9.17) is 0 Å². The molecule has 102 valence electrons. The first-order valence-corrected chi connectivity index (χ1v) is 7.93. The molecule has 0 saturated carbocycles. The molecule has 1 aromatic heterocycles. The van der Waals surface area contributed by atoms with Crippen molar-refractivity contribution in [1.82, 2.24) is 15.3 Å². The molecule has 0 atom stereocenters. The highest BCUT2D eigenvalue weighted by molar-refractivity contribution is 7.98. The molecule has 5 heteroatoms. The Morgan fingerprint density at radius 2 is 2.00 bits per heavy atom. The second-order valence-electron chi connectivity index (χ2n) is 3.80. The van der Waals surface area contributed by atoms with Gasteiger partial charge in [0.05, 0.1) is 0 Å². The SMILES string of the molecule is CC.CCc1cnc(N2CCNCC2)nc1SC. The third-order valence-corrected chi connectivity index (χ3v) is 3.53. The van der Waals surface area contributed by atoms with Crippen molar-refractivity contribution in [2.75, 3.05) is 37.3 Å². The van der Waals surface area contributed by atoms with Gasteiger partial charge in [0.15, 0.2) is 0 Å². The van der Waals surface area contributed by atoms with Crippen molar-refractivity contribution in [1.29, 1.82) is 0 Å². The number of thioether (sulfide) groups is 1. The van der Waals surface area contributed by atoms with Crippen LogP contribution in [0.4, 0.5) is 5.95 Å². The number of piperazine rings is 1. The quantitative estimate of drug-likeness (QED) is 0.672. The zero-order chi connectivity index (χ0) is 13.4. The van der Waals surface area contributed by atoms with Crippen LogP contribution in [0.25, 0.3) is 0 Å². The van der Waals surface area contributed by atoms with Gasteiger partial charge in [0.25, 0.3) is 0 Å². The zero-order valence-corrected chi connectivity index (χ0v) is 12.7. The summed E-state index contributed by atoms with van der Waals surface area (Å²) in [4.78, 5) is 11.3. The molecule has 1 aliphatic rings. The van der Waals surface area contributed by atoms with Crippen molar-refractivity contribution in [2.24, 2.45) is 0 Å². The Bertz CT molecular complexity index is 351. The van der Waals surface area contributed by atoms with Crippen molar-refractivity contribution >= 4 is 17.7 Å². The van der Waals surface area contributed by atoms with E-state index in [1.807, 2.05) is 20.0 Å². The highest BCUT2D eigenvalue weighted by Crippen LogP contribution is 2.20. The molecule has 0 amide bonds. The molecule has 2 heterocycles. The van der Waals surface area contributed by atoms with Gasteiger partial charge in [-0.1, -0.05) is 20.8 Å². The predicted octanol–water partition coefficient (Wildman–Crippen LogP) is 2.20. The Hall–Kier alpha value is -0.810. The van der Waals surface area contributed by atoms with Gasteiger partial charge in [0, 0.05) is 37.9 Å². The fourth-order valence-electron chi connectivity index (χ4n) is 1.82. The molecule has 1 N–H and O–H groups in total. The maximum atomic E-state index is 4.64. The van der Waals surface area contributed by atoms with Crippen molar-refractivity contribution in [3.05, 3.63) is 11.8 Å². The molecule has 1 aliphatic heterocycles. The molecule has 0 unspecified atom stereocenters. The normalized spacial score (nSPS) is 15.0. The number of nitrogens with zero attached hydrogens (tertiary/aromatic N) is 3. The lowest BCUT2D eigenvalue weighted by atomic mass is 10.3. The van der Waals surface area contributed by atoms with E-state index in [0.29, 0.717) is 0 Å². The van der Waals surface area contributed by atoms with Gasteiger partial charge in [-0.05, 0) is 12.7 Å². The molecule has 0 aromatic carbocycles. The fourth-order valence-corrected chi connectivity index (χ4v) is 2.45. The first-order valence-electron chi connectivity index (χ1n) is 6.70. The fraction of sp³-hybridized carbons (Fsp3) is 0.692. The highest BCUT2D eigenvalue weighted by Gasteiger charge is 2.14. The average molecular weight is 268 g/mol. The maximum Gasteiger partial charge on any atom is 0.226 e. The lowest BCUT2D eigenvalue weighted by Gasteiger charge is -2.27. The molecule has 0 spiro atoms. The number of aromatic nitrogens is 2. The van der Waals surface area contributed by atoms with Crippen LogP contribution in [0.1, 0.15) is 26.3 Å². The van der Waals surface area contributed by atoms with Gasteiger partial charge in [0.2, 0.25) is 5.95 Å². The Morgan fingerprint density at radius 3 is 2.56 bits per heavy atom. The van der Waals surface area contributed by atoms with Gasteiger partial charge in [-0.15, -0.1) is 11.8 Å². The third kappa shape index (κ3) is 3.85. The summed E-state index contributed by atoms with van der Waals surface area (Å²) >= 11 is 1.70. The molecule has 1 saturated heterocycles. The summed E-state index contributed by atoms with van der Waals surface area (Å²) < 4.78 is 0. The Morgan fingerprint density at radius 1 is 1.33 bits per heavy atom. The first-order chi connectivity index (χ1) is 8.85. The van der Waals surface area contributed by atoms with Crippen molar-refractivity contribution in [3.8, 4) is 0 Å². The molecule has 0 radical (unpaired) electrons. The summed E-state index contributed by atoms with van der Waals surface area (Å²) in [6, 6.07) is 0. The van der Waals surface area contributed by atoms with Crippen LogP contribution >= 0.6 is 11.8 Å². The van der Waals surface area contributed by atoms with Crippen LogP contribution in [0.3, 0.4) is 0 Å². The second kappa shape index (κ2) is 8.32. The number of hydrogen-bond donors (Lipinski definition) is 1. The van der Waals surface area contributed by atoms with E-state index >= 15 is 0 Å². The topological polar surface area (TPSA) is 41.1 Å². The van der Waals surface area contributed by atoms with Crippen molar-refractivity contribution in [3.63, 3.8) is 0 Å². The summed E-state index contributed by atoms with van der Waals surface area (Å²) in [5.41, 5.74) is 1.24. The molecule has 1 aromatic rings. The number of hydrogen-bond acceptors (Lipinski definition) is 5. The Kier molecular flexibility index (Phi) is 7.05. The smallest absolute Gasteiger partial charge is 0.226 e. The third-order valence-electron chi connectivity index (χ3n) is 2.79. The van der Waals surface area contributed by atoms with Crippen LogP contribution in [-0.4, -0.2) is 42.4 Å². The van der Waals surface area contributed by atoms with Crippen LogP contribution in [0.5, 0.6) is 0 Å². The molecule has 0 aliphatic carbocycles. The Balaban J connectivity index is 0.000000771. The van der Waals surface area contributed by atoms with Gasteiger partial charge in [-0.2, -0.15) is 0 Å². The standard InChI is InChI=1S/C11H18N4S.C2H6/c1-3-9-8-13-11(14-10(9)16-2)15-6-4-12-5-7-15;1-2/h8,12H,3-7H2,1-2H3;1-2H3. The van der Waals surface area contributed by atoms with Gasteiger partial charge >= 0.3 is 0 Å². The minimum Gasteiger partial charge on any atom is -0.338 e. The van der Waals surface area contributed by atoms with Crippen LogP contribution in [0, 0.1) is 0 Å². The van der Waals surface area contributed by atoms with Gasteiger partial charge in [-0.25, -0.2) is 9.97 Å². The van der Waals surface area contributed by atoms with Gasteiger partial charge < -0.3 is 10.2 Å². The highest BCUT2D eigenvalue weighted by atomic mass is 32.2. The van der Waals surface area contributed by atoms with E-state index in [9.17, 15) is 0 Å². The second-order valence-corrected chi connectivity index (χ2v) is 4.59. The first kappa shape index (κ1) is 15.2. The number of nitrogens with one attached hydrogen (secondary N) is 1. The van der Waals surface area contributed by atoms with Gasteiger partial charge in [-0.3, -0.25) is 0 Å². The largest absolute Gasteiger partial charge is 0.338 e. The summed E-state index contributed by atoms with van der Waals surface area (Å²) in [7, 11) is 0.